The maximum Gasteiger partial charge on any atom is 0.255 e. The van der Waals surface area contributed by atoms with E-state index in [0.717, 1.165) is 23.4 Å². The Balaban J connectivity index is 1.80. The summed E-state index contributed by atoms with van der Waals surface area (Å²) in [7, 11) is 0. The summed E-state index contributed by atoms with van der Waals surface area (Å²) in [6, 6.07) is 12.7. The second-order valence-electron chi connectivity index (χ2n) is 7.65. The highest BCUT2D eigenvalue weighted by Crippen LogP contribution is 2.43. The van der Waals surface area contributed by atoms with Crippen molar-refractivity contribution in [3.05, 3.63) is 81.8 Å². The number of halogens is 1. The van der Waals surface area contributed by atoms with Crippen LogP contribution in [0.4, 0.5) is 5.82 Å². The van der Waals surface area contributed by atoms with Crippen LogP contribution in [0.15, 0.2) is 71.2 Å². The standard InChI is InChI=1S/C23H22ClN3O2/c1-13-11-17-22(18(28)12-13)21(15-6-8-16(24)9-7-15)20(14(2)26-17)23(29)27-19-5-3-4-10-25-19/h3-10,13,21,26H,11-12H2,1-2H3,(H,25,27,29)/t13-,21-/m0/s1. The van der Waals surface area contributed by atoms with Crippen molar-refractivity contribution in [2.24, 2.45) is 5.92 Å². The van der Waals surface area contributed by atoms with Crippen LogP contribution < -0.4 is 10.6 Å². The third-order valence-electron chi connectivity index (χ3n) is 5.39. The summed E-state index contributed by atoms with van der Waals surface area (Å²) in [5.41, 5.74) is 3.75. The van der Waals surface area contributed by atoms with Crippen molar-refractivity contribution in [3.8, 4) is 0 Å². The average Bonchev–Trinajstić information content (AvgIpc) is 2.68. The number of carbonyl (C=O) groups is 2. The lowest BCUT2D eigenvalue weighted by Crippen LogP contribution is -2.37. The molecular formula is C23H22ClN3O2. The normalized spacial score (nSPS) is 21.6. The van der Waals surface area contributed by atoms with Gasteiger partial charge in [-0.3, -0.25) is 9.59 Å². The zero-order chi connectivity index (χ0) is 20.5. The van der Waals surface area contributed by atoms with Crippen molar-refractivity contribution in [1.82, 2.24) is 10.3 Å². The molecule has 0 saturated heterocycles. The van der Waals surface area contributed by atoms with Gasteiger partial charge in [-0.05, 0) is 49.1 Å². The smallest absolute Gasteiger partial charge is 0.255 e. The van der Waals surface area contributed by atoms with Gasteiger partial charge >= 0.3 is 0 Å². The lowest BCUT2D eigenvalue weighted by molar-refractivity contribution is -0.117. The zero-order valence-corrected chi connectivity index (χ0v) is 17.1. The number of carbonyl (C=O) groups excluding carboxylic acids is 2. The molecule has 2 N–H and O–H groups in total. The molecule has 0 unspecified atom stereocenters. The van der Waals surface area contributed by atoms with E-state index in [1.807, 2.05) is 25.1 Å². The van der Waals surface area contributed by atoms with Crippen molar-refractivity contribution >= 4 is 29.1 Å². The molecule has 0 saturated carbocycles. The molecule has 1 aromatic carbocycles. The number of allylic oxidation sites excluding steroid dienone is 3. The molecule has 6 heteroatoms. The Morgan fingerprint density at radius 1 is 1.17 bits per heavy atom. The van der Waals surface area contributed by atoms with E-state index in [1.165, 1.54) is 0 Å². The Labute approximate surface area is 174 Å². The number of amides is 1. The number of anilines is 1. The summed E-state index contributed by atoms with van der Waals surface area (Å²) in [6.45, 7) is 3.95. The molecular weight excluding hydrogens is 386 g/mol. The molecule has 4 rings (SSSR count). The van der Waals surface area contributed by atoms with Gasteiger partial charge in [-0.15, -0.1) is 0 Å². The van der Waals surface area contributed by atoms with Crippen molar-refractivity contribution in [3.63, 3.8) is 0 Å². The summed E-state index contributed by atoms with van der Waals surface area (Å²) >= 11 is 6.08. The highest BCUT2D eigenvalue weighted by molar-refractivity contribution is 6.30. The number of Topliss-reactive ketones (excluding diaryl/α,β-unsaturated/α-hetero) is 1. The summed E-state index contributed by atoms with van der Waals surface area (Å²) in [4.78, 5) is 30.5. The minimum absolute atomic E-state index is 0.0850. The third kappa shape index (κ3) is 3.83. The van der Waals surface area contributed by atoms with Gasteiger partial charge < -0.3 is 10.6 Å². The molecule has 1 aliphatic heterocycles. The number of hydrogen-bond donors (Lipinski definition) is 2. The van der Waals surface area contributed by atoms with Crippen LogP contribution >= 0.6 is 11.6 Å². The van der Waals surface area contributed by atoms with Gasteiger partial charge in [0.1, 0.15) is 5.82 Å². The van der Waals surface area contributed by atoms with E-state index in [4.69, 9.17) is 11.6 Å². The van der Waals surface area contributed by atoms with Gasteiger partial charge in [0.15, 0.2) is 5.78 Å². The van der Waals surface area contributed by atoms with E-state index in [1.54, 1.807) is 30.5 Å². The Hall–Kier alpha value is -2.92. The SMILES string of the molecule is CC1=C(C(=O)Nc2ccccn2)[C@H](c2ccc(Cl)cc2)C2=C(C[C@H](C)CC2=O)N1. The largest absolute Gasteiger partial charge is 0.362 e. The molecule has 2 heterocycles. The van der Waals surface area contributed by atoms with Crippen molar-refractivity contribution in [2.75, 3.05) is 5.32 Å². The fourth-order valence-electron chi connectivity index (χ4n) is 4.14. The van der Waals surface area contributed by atoms with Crippen molar-refractivity contribution in [2.45, 2.75) is 32.6 Å². The number of benzene rings is 1. The Bertz CT molecular complexity index is 1030. The Morgan fingerprint density at radius 3 is 2.62 bits per heavy atom. The summed E-state index contributed by atoms with van der Waals surface area (Å²) in [5.74, 6) is 0.119. The topological polar surface area (TPSA) is 71.1 Å². The molecule has 5 nitrogen and oxygen atoms in total. The highest BCUT2D eigenvalue weighted by atomic mass is 35.5. The van der Waals surface area contributed by atoms with Gasteiger partial charge in [-0.25, -0.2) is 4.98 Å². The number of nitrogens with zero attached hydrogens (tertiary/aromatic N) is 1. The van der Waals surface area contributed by atoms with Crippen molar-refractivity contribution < 1.29 is 9.59 Å². The predicted molar refractivity (Wildman–Crippen MR) is 113 cm³/mol. The van der Waals surface area contributed by atoms with E-state index in [0.29, 0.717) is 28.4 Å². The van der Waals surface area contributed by atoms with Crippen LogP contribution in [0.3, 0.4) is 0 Å². The number of hydrogen-bond acceptors (Lipinski definition) is 4. The fraction of sp³-hybridized carbons (Fsp3) is 0.261. The van der Waals surface area contributed by atoms with Gasteiger partial charge in [-0.1, -0.05) is 36.7 Å². The van der Waals surface area contributed by atoms with Crippen LogP contribution in [0.25, 0.3) is 0 Å². The lowest BCUT2D eigenvalue weighted by atomic mass is 9.73. The number of pyridine rings is 1. The first-order valence-corrected chi connectivity index (χ1v) is 10.0. The van der Waals surface area contributed by atoms with Crippen LogP contribution in [-0.2, 0) is 9.59 Å². The minimum atomic E-state index is -0.438. The lowest BCUT2D eigenvalue weighted by Gasteiger charge is -2.36. The van der Waals surface area contributed by atoms with E-state index < -0.39 is 5.92 Å². The Morgan fingerprint density at radius 2 is 1.93 bits per heavy atom. The number of aromatic nitrogens is 1. The Kier molecular flexibility index (Phi) is 5.24. The van der Waals surface area contributed by atoms with E-state index in [2.05, 4.69) is 22.5 Å². The predicted octanol–water partition coefficient (Wildman–Crippen LogP) is 4.59. The molecule has 2 aromatic rings. The maximum atomic E-state index is 13.3. The van der Waals surface area contributed by atoms with Crippen molar-refractivity contribution in [1.29, 1.82) is 0 Å². The van der Waals surface area contributed by atoms with Gasteiger partial charge in [-0.2, -0.15) is 0 Å². The second-order valence-corrected chi connectivity index (χ2v) is 8.08. The van der Waals surface area contributed by atoms with Crippen LogP contribution in [0.5, 0.6) is 0 Å². The quantitative estimate of drug-likeness (QED) is 0.780. The molecule has 0 fully saturated rings. The molecule has 1 aliphatic carbocycles. The molecule has 1 amide bonds. The van der Waals surface area contributed by atoms with E-state index >= 15 is 0 Å². The van der Waals surface area contributed by atoms with Gasteiger partial charge in [0.2, 0.25) is 0 Å². The second kappa shape index (κ2) is 7.84. The zero-order valence-electron chi connectivity index (χ0n) is 16.3. The van der Waals surface area contributed by atoms with Crippen LogP contribution in [0.2, 0.25) is 5.02 Å². The minimum Gasteiger partial charge on any atom is -0.362 e. The molecule has 2 aliphatic rings. The molecule has 0 bridgehead atoms. The first-order valence-electron chi connectivity index (χ1n) is 9.66. The van der Waals surface area contributed by atoms with Crippen LogP contribution in [0, 0.1) is 5.92 Å². The fourth-order valence-corrected chi connectivity index (χ4v) is 4.27. The average molecular weight is 408 g/mol. The van der Waals surface area contributed by atoms with Crippen LogP contribution in [-0.4, -0.2) is 16.7 Å². The van der Waals surface area contributed by atoms with Gasteiger partial charge in [0, 0.05) is 46.1 Å². The summed E-state index contributed by atoms with van der Waals surface area (Å²) in [6.07, 6.45) is 2.90. The first kappa shape index (κ1) is 19.4. The molecule has 2 atom stereocenters. The molecule has 0 radical (unpaired) electrons. The van der Waals surface area contributed by atoms with E-state index in [9.17, 15) is 9.59 Å². The monoisotopic (exact) mass is 407 g/mol. The van der Waals surface area contributed by atoms with Gasteiger partial charge in [0.25, 0.3) is 5.91 Å². The number of ketones is 1. The summed E-state index contributed by atoms with van der Waals surface area (Å²) < 4.78 is 0. The molecule has 29 heavy (non-hydrogen) atoms. The molecule has 0 spiro atoms. The highest BCUT2D eigenvalue weighted by Gasteiger charge is 2.39. The molecule has 148 valence electrons. The molecule has 1 aromatic heterocycles. The third-order valence-corrected chi connectivity index (χ3v) is 5.64. The number of dihydropyridines is 1. The van der Waals surface area contributed by atoms with Gasteiger partial charge in [0.05, 0.1) is 0 Å². The maximum absolute atomic E-state index is 13.3. The summed E-state index contributed by atoms with van der Waals surface area (Å²) in [5, 5.41) is 6.81. The first-order chi connectivity index (χ1) is 13.9. The number of rotatable bonds is 3. The number of nitrogens with one attached hydrogen (secondary N) is 2. The van der Waals surface area contributed by atoms with E-state index in [-0.39, 0.29) is 17.6 Å². The van der Waals surface area contributed by atoms with Crippen LogP contribution in [0.1, 0.15) is 38.2 Å².